The number of esters is 1. The standard InChI is InChI=1S/C5H9NO2S/c1-8-5(7)4-6-2-3-9-4/h4,6H,2-3H2,1H3. The Morgan fingerprint density at radius 2 is 2.67 bits per heavy atom. The summed E-state index contributed by atoms with van der Waals surface area (Å²) in [5.74, 6) is 0.831. The van der Waals surface area contributed by atoms with Gasteiger partial charge in [-0.1, -0.05) is 0 Å². The van der Waals surface area contributed by atoms with Crippen LogP contribution in [0.4, 0.5) is 0 Å². The highest BCUT2D eigenvalue weighted by atomic mass is 32.2. The van der Waals surface area contributed by atoms with Crippen LogP contribution in [0.5, 0.6) is 0 Å². The molecule has 1 aliphatic rings. The highest BCUT2D eigenvalue weighted by molar-refractivity contribution is 8.00. The summed E-state index contributed by atoms with van der Waals surface area (Å²) in [5, 5.41) is 2.88. The van der Waals surface area contributed by atoms with Crippen molar-refractivity contribution in [1.82, 2.24) is 5.32 Å². The van der Waals surface area contributed by atoms with Gasteiger partial charge in [0.05, 0.1) is 7.11 Å². The van der Waals surface area contributed by atoms with Gasteiger partial charge in [0.15, 0.2) is 5.37 Å². The number of rotatable bonds is 1. The van der Waals surface area contributed by atoms with Gasteiger partial charge in [-0.2, -0.15) is 0 Å². The maximum absolute atomic E-state index is 10.7. The van der Waals surface area contributed by atoms with E-state index in [9.17, 15) is 4.79 Å². The van der Waals surface area contributed by atoms with Crippen LogP contribution in [0.15, 0.2) is 0 Å². The molecular weight excluding hydrogens is 138 g/mol. The van der Waals surface area contributed by atoms with Gasteiger partial charge in [-0.15, -0.1) is 11.8 Å². The fraction of sp³-hybridized carbons (Fsp3) is 0.800. The van der Waals surface area contributed by atoms with E-state index in [-0.39, 0.29) is 11.3 Å². The second-order valence-corrected chi connectivity index (χ2v) is 2.94. The molecule has 1 N–H and O–H groups in total. The highest BCUT2D eigenvalue weighted by Crippen LogP contribution is 2.13. The molecular formula is C5H9NO2S. The van der Waals surface area contributed by atoms with Crippen molar-refractivity contribution in [3.8, 4) is 0 Å². The van der Waals surface area contributed by atoms with Gasteiger partial charge in [-0.3, -0.25) is 5.32 Å². The molecule has 0 aromatic heterocycles. The van der Waals surface area contributed by atoms with Crippen molar-refractivity contribution in [1.29, 1.82) is 0 Å². The van der Waals surface area contributed by atoms with Gasteiger partial charge < -0.3 is 4.74 Å². The van der Waals surface area contributed by atoms with Crippen molar-refractivity contribution in [2.45, 2.75) is 5.37 Å². The largest absolute Gasteiger partial charge is 0.467 e. The van der Waals surface area contributed by atoms with Crippen molar-refractivity contribution in [2.24, 2.45) is 0 Å². The van der Waals surface area contributed by atoms with Crippen LogP contribution < -0.4 is 5.32 Å². The minimum Gasteiger partial charge on any atom is -0.467 e. The van der Waals surface area contributed by atoms with Crippen molar-refractivity contribution < 1.29 is 9.53 Å². The fourth-order valence-corrected chi connectivity index (χ4v) is 1.62. The van der Waals surface area contributed by atoms with Crippen LogP contribution >= 0.6 is 11.8 Å². The molecule has 1 atom stereocenters. The molecule has 3 nitrogen and oxygen atoms in total. The lowest BCUT2D eigenvalue weighted by atomic mass is 10.6. The molecule has 4 heteroatoms. The number of carbonyl (C=O) groups excluding carboxylic acids is 1. The molecule has 0 amide bonds. The van der Waals surface area contributed by atoms with Crippen LogP contribution in [0.25, 0.3) is 0 Å². The number of ether oxygens (including phenoxy) is 1. The second-order valence-electron chi connectivity index (χ2n) is 1.73. The topological polar surface area (TPSA) is 38.3 Å². The van der Waals surface area contributed by atoms with Crippen LogP contribution in [0, 0.1) is 0 Å². The van der Waals surface area contributed by atoms with E-state index in [1.807, 2.05) is 0 Å². The first-order chi connectivity index (χ1) is 4.34. The lowest BCUT2D eigenvalue weighted by Gasteiger charge is -2.04. The summed E-state index contributed by atoms with van der Waals surface area (Å²) in [7, 11) is 1.41. The zero-order valence-corrected chi connectivity index (χ0v) is 6.03. The van der Waals surface area contributed by atoms with Gasteiger partial charge in [0, 0.05) is 12.3 Å². The smallest absolute Gasteiger partial charge is 0.333 e. The van der Waals surface area contributed by atoms with E-state index in [1.165, 1.54) is 7.11 Å². The first-order valence-corrected chi connectivity index (χ1v) is 3.82. The predicted octanol–water partition coefficient (Wildman–Crippen LogP) is -0.178. The van der Waals surface area contributed by atoms with Gasteiger partial charge in [0.25, 0.3) is 0 Å². The molecule has 1 unspecified atom stereocenters. The Morgan fingerprint density at radius 3 is 3.11 bits per heavy atom. The minimum absolute atomic E-state index is 0.116. The van der Waals surface area contributed by atoms with Crippen molar-refractivity contribution in [3.05, 3.63) is 0 Å². The summed E-state index contributed by atoms with van der Waals surface area (Å²) < 4.78 is 4.51. The fourth-order valence-electron chi connectivity index (χ4n) is 0.684. The normalized spacial score (nSPS) is 26.1. The van der Waals surface area contributed by atoms with Gasteiger partial charge >= 0.3 is 5.97 Å². The molecule has 0 bridgehead atoms. The molecule has 0 spiro atoms. The third-order valence-electron chi connectivity index (χ3n) is 1.13. The Bertz CT molecular complexity index is 112. The summed E-state index contributed by atoms with van der Waals surface area (Å²) in [6.45, 7) is 0.907. The summed E-state index contributed by atoms with van der Waals surface area (Å²) in [4.78, 5) is 10.7. The number of nitrogens with one attached hydrogen (secondary N) is 1. The van der Waals surface area contributed by atoms with Crippen molar-refractivity contribution >= 4 is 17.7 Å². The molecule has 9 heavy (non-hydrogen) atoms. The molecule has 1 fully saturated rings. The summed E-state index contributed by atoms with van der Waals surface area (Å²) in [5.41, 5.74) is 0. The minimum atomic E-state index is -0.169. The molecule has 52 valence electrons. The zero-order valence-electron chi connectivity index (χ0n) is 5.22. The molecule has 1 aliphatic heterocycles. The third kappa shape index (κ3) is 1.59. The van der Waals surface area contributed by atoms with Crippen molar-refractivity contribution in [3.63, 3.8) is 0 Å². The predicted molar refractivity (Wildman–Crippen MR) is 36.3 cm³/mol. The van der Waals surface area contributed by atoms with E-state index in [4.69, 9.17) is 0 Å². The number of methoxy groups -OCH3 is 1. The Balaban J connectivity index is 2.32. The van der Waals surface area contributed by atoms with Crippen LogP contribution in [-0.2, 0) is 9.53 Å². The average Bonchev–Trinajstić information content (AvgIpc) is 2.37. The lowest BCUT2D eigenvalue weighted by Crippen LogP contribution is -2.29. The summed E-state index contributed by atoms with van der Waals surface area (Å²) in [6.07, 6.45) is 0. The van der Waals surface area contributed by atoms with E-state index in [0.29, 0.717) is 0 Å². The molecule has 0 radical (unpaired) electrons. The SMILES string of the molecule is COC(=O)C1NCCS1. The Kier molecular flexibility index (Phi) is 2.36. The Morgan fingerprint density at radius 1 is 1.89 bits per heavy atom. The third-order valence-corrected chi connectivity index (χ3v) is 2.26. The summed E-state index contributed by atoms with van der Waals surface area (Å²) >= 11 is 1.59. The molecule has 1 heterocycles. The molecule has 0 aliphatic carbocycles. The van der Waals surface area contributed by atoms with Crippen LogP contribution in [0.3, 0.4) is 0 Å². The van der Waals surface area contributed by atoms with E-state index in [1.54, 1.807) is 11.8 Å². The second kappa shape index (κ2) is 3.08. The van der Waals surface area contributed by atoms with Crippen LogP contribution in [0.1, 0.15) is 0 Å². The van der Waals surface area contributed by atoms with Crippen molar-refractivity contribution in [2.75, 3.05) is 19.4 Å². The first kappa shape index (κ1) is 6.89. The number of carbonyl (C=O) groups is 1. The van der Waals surface area contributed by atoms with E-state index in [2.05, 4.69) is 10.1 Å². The van der Waals surface area contributed by atoms with Crippen LogP contribution in [0.2, 0.25) is 0 Å². The van der Waals surface area contributed by atoms with Gasteiger partial charge in [-0.25, -0.2) is 4.79 Å². The van der Waals surface area contributed by atoms with Gasteiger partial charge in [-0.05, 0) is 0 Å². The van der Waals surface area contributed by atoms with E-state index < -0.39 is 0 Å². The highest BCUT2D eigenvalue weighted by Gasteiger charge is 2.22. The molecule has 1 saturated heterocycles. The van der Waals surface area contributed by atoms with Gasteiger partial charge in [0.2, 0.25) is 0 Å². The first-order valence-electron chi connectivity index (χ1n) is 2.77. The monoisotopic (exact) mass is 147 g/mol. The Labute approximate surface area is 58.1 Å². The Hall–Kier alpha value is -0.220. The quantitative estimate of drug-likeness (QED) is 0.522. The number of hydrogen-bond donors (Lipinski definition) is 1. The molecule has 0 aromatic rings. The number of hydrogen-bond acceptors (Lipinski definition) is 4. The summed E-state index contributed by atoms with van der Waals surface area (Å²) in [6, 6.07) is 0. The van der Waals surface area contributed by atoms with Gasteiger partial charge in [0.1, 0.15) is 0 Å². The van der Waals surface area contributed by atoms with E-state index >= 15 is 0 Å². The maximum atomic E-state index is 10.7. The van der Waals surface area contributed by atoms with Crippen LogP contribution in [-0.4, -0.2) is 30.8 Å². The molecule has 0 aromatic carbocycles. The van der Waals surface area contributed by atoms with E-state index in [0.717, 1.165) is 12.3 Å². The lowest BCUT2D eigenvalue weighted by molar-refractivity contribution is -0.140. The zero-order chi connectivity index (χ0) is 6.69. The molecule has 0 saturated carbocycles. The average molecular weight is 147 g/mol. The maximum Gasteiger partial charge on any atom is 0.333 e. The number of thioether (sulfide) groups is 1. The molecule has 1 rings (SSSR count).